The molecule has 0 spiro atoms. The monoisotopic (exact) mass is 272 g/mol. The molecule has 2 heterocycles. The number of pyridine rings is 2. The minimum Gasteiger partial charge on any atom is -0.478 e. The van der Waals surface area contributed by atoms with Crippen LogP contribution in [-0.2, 0) is 6.42 Å². The first-order valence-corrected chi connectivity index (χ1v) is 5.95. The number of aromatic nitrogens is 2. The first-order valence-electron chi connectivity index (χ1n) is 5.95. The number of carboxylic acid groups (broad SMARTS) is 2. The summed E-state index contributed by atoms with van der Waals surface area (Å²) in [6.45, 7) is 1.89. The molecule has 2 N–H and O–H groups in total. The topological polar surface area (TPSA) is 100 Å². The van der Waals surface area contributed by atoms with Crippen LogP contribution in [0, 0.1) is 0 Å². The summed E-state index contributed by atoms with van der Waals surface area (Å²) >= 11 is 0. The lowest BCUT2D eigenvalue weighted by molar-refractivity contribution is 0.0685. The van der Waals surface area contributed by atoms with Crippen LogP contribution in [-0.4, -0.2) is 32.1 Å². The zero-order chi connectivity index (χ0) is 14.7. The Labute approximate surface area is 114 Å². The molecule has 2 rings (SSSR count). The van der Waals surface area contributed by atoms with Gasteiger partial charge in [0.1, 0.15) is 0 Å². The van der Waals surface area contributed by atoms with E-state index in [-0.39, 0.29) is 11.1 Å². The fraction of sp³-hybridized carbons (Fsp3) is 0.143. The third-order valence-electron chi connectivity index (χ3n) is 2.85. The first-order chi connectivity index (χ1) is 9.52. The van der Waals surface area contributed by atoms with Gasteiger partial charge in [0, 0.05) is 12.4 Å². The molecule has 0 aliphatic heterocycles. The van der Waals surface area contributed by atoms with Crippen molar-refractivity contribution in [1.82, 2.24) is 9.97 Å². The molecule has 20 heavy (non-hydrogen) atoms. The molecule has 0 atom stereocenters. The molecular weight excluding hydrogens is 260 g/mol. The summed E-state index contributed by atoms with van der Waals surface area (Å²) in [4.78, 5) is 29.9. The summed E-state index contributed by atoms with van der Waals surface area (Å²) in [7, 11) is 0. The van der Waals surface area contributed by atoms with Gasteiger partial charge in [0.25, 0.3) is 0 Å². The number of aryl methyl sites for hydroxylation is 1. The predicted octanol–water partition coefficient (Wildman–Crippen LogP) is 2.10. The van der Waals surface area contributed by atoms with E-state index in [2.05, 4.69) is 9.97 Å². The molecule has 0 aromatic carbocycles. The van der Waals surface area contributed by atoms with Gasteiger partial charge < -0.3 is 10.2 Å². The van der Waals surface area contributed by atoms with E-state index in [1.54, 1.807) is 12.1 Å². The van der Waals surface area contributed by atoms with Gasteiger partial charge in [0.05, 0.1) is 22.5 Å². The van der Waals surface area contributed by atoms with Gasteiger partial charge >= 0.3 is 11.9 Å². The summed E-state index contributed by atoms with van der Waals surface area (Å²) in [5.74, 6) is -2.08. The van der Waals surface area contributed by atoms with Gasteiger partial charge in [0.2, 0.25) is 0 Å². The maximum atomic E-state index is 10.9. The third kappa shape index (κ3) is 2.64. The average molecular weight is 272 g/mol. The molecule has 0 unspecified atom stereocenters. The van der Waals surface area contributed by atoms with Gasteiger partial charge in [-0.25, -0.2) is 9.59 Å². The van der Waals surface area contributed by atoms with Gasteiger partial charge in [-0.2, -0.15) is 0 Å². The quantitative estimate of drug-likeness (QED) is 0.884. The fourth-order valence-corrected chi connectivity index (χ4v) is 1.79. The molecule has 0 aliphatic rings. The molecule has 0 radical (unpaired) electrons. The van der Waals surface area contributed by atoms with Crippen LogP contribution in [0.1, 0.15) is 33.2 Å². The van der Waals surface area contributed by atoms with E-state index in [9.17, 15) is 9.59 Å². The van der Waals surface area contributed by atoms with Crippen molar-refractivity contribution >= 4 is 11.9 Å². The van der Waals surface area contributed by atoms with Crippen LogP contribution < -0.4 is 0 Å². The minimum atomic E-state index is -1.05. The second-order valence-corrected chi connectivity index (χ2v) is 4.13. The molecule has 102 valence electrons. The Morgan fingerprint density at radius 1 is 1.05 bits per heavy atom. The largest absolute Gasteiger partial charge is 0.478 e. The van der Waals surface area contributed by atoms with Crippen LogP contribution in [0.25, 0.3) is 11.4 Å². The Morgan fingerprint density at radius 2 is 1.70 bits per heavy atom. The molecule has 2 aromatic heterocycles. The normalized spacial score (nSPS) is 10.2. The van der Waals surface area contributed by atoms with E-state index in [1.807, 2.05) is 6.92 Å². The highest BCUT2D eigenvalue weighted by Crippen LogP contribution is 2.21. The maximum Gasteiger partial charge on any atom is 0.337 e. The smallest absolute Gasteiger partial charge is 0.337 e. The van der Waals surface area contributed by atoms with Crippen LogP contribution >= 0.6 is 0 Å². The lowest BCUT2D eigenvalue weighted by Crippen LogP contribution is -2.03. The van der Waals surface area contributed by atoms with Crippen molar-refractivity contribution in [2.24, 2.45) is 0 Å². The molecule has 6 heteroatoms. The molecule has 2 aromatic rings. The number of carbonyl (C=O) groups is 2. The highest BCUT2D eigenvalue weighted by molar-refractivity contribution is 5.88. The van der Waals surface area contributed by atoms with E-state index in [0.29, 0.717) is 17.8 Å². The van der Waals surface area contributed by atoms with E-state index in [1.165, 1.54) is 18.5 Å². The van der Waals surface area contributed by atoms with E-state index >= 15 is 0 Å². The summed E-state index contributed by atoms with van der Waals surface area (Å²) in [5.41, 5.74) is 2.04. The summed E-state index contributed by atoms with van der Waals surface area (Å²) in [6, 6.07) is 4.56. The van der Waals surface area contributed by atoms with Gasteiger partial charge in [-0.15, -0.1) is 0 Å². The zero-order valence-electron chi connectivity index (χ0n) is 10.7. The van der Waals surface area contributed by atoms with Crippen molar-refractivity contribution in [2.45, 2.75) is 13.3 Å². The fourth-order valence-electron chi connectivity index (χ4n) is 1.79. The predicted molar refractivity (Wildman–Crippen MR) is 70.8 cm³/mol. The van der Waals surface area contributed by atoms with Crippen LogP contribution in [0.2, 0.25) is 0 Å². The van der Waals surface area contributed by atoms with Crippen molar-refractivity contribution in [3.8, 4) is 11.4 Å². The average Bonchev–Trinajstić information content (AvgIpc) is 2.46. The lowest BCUT2D eigenvalue weighted by Gasteiger charge is -2.07. The van der Waals surface area contributed by atoms with Crippen molar-refractivity contribution in [3.05, 3.63) is 47.3 Å². The van der Waals surface area contributed by atoms with Gasteiger partial charge in [-0.1, -0.05) is 6.92 Å². The highest BCUT2D eigenvalue weighted by Gasteiger charge is 2.12. The standard InChI is InChI=1S/C14H12N2O4/c1-2-8-5-10(14(19)20)7-16-12(8)11-4-3-9(6-15-11)13(17)18/h3-7H,2H2,1H3,(H,17,18)(H,19,20). The second kappa shape index (κ2) is 5.48. The van der Waals surface area contributed by atoms with Crippen molar-refractivity contribution in [1.29, 1.82) is 0 Å². The van der Waals surface area contributed by atoms with Crippen molar-refractivity contribution < 1.29 is 19.8 Å². The molecule has 0 saturated heterocycles. The molecule has 0 saturated carbocycles. The van der Waals surface area contributed by atoms with Crippen LogP contribution in [0.3, 0.4) is 0 Å². The molecule has 0 fully saturated rings. The Hall–Kier alpha value is -2.76. The maximum absolute atomic E-state index is 10.9. The van der Waals surface area contributed by atoms with E-state index < -0.39 is 11.9 Å². The van der Waals surface area contributed by atoms with E-state index in [4.69, 9.17) is 10.2 Å². The number of hydrogen-bond donors (Lipinski definition) is 2. The summed E-state index contributed by atoms with van der Waals surface area (Å²) < 4.78 is 0. The van der Waals surface area contributed by atoms with Crippen LogP contribution in [0.15, 0.2) is 30.6 Å². The highest BCUT2D eigenvalue weighted by atomic mass is 16.4. The molecule has 0 aliphatic carbocycles. The Bertz CT molecular complexity index is 665. The number of rotatable bonds is 4. The summed E-state index contributed by atoms with van der Waals surface area (Å²) in [6.07, 6.45) is 3.12. The van der Waals surface area contributed by atoms with Crippen LogP contribution in [0.4, 0.5) is 0 Å². The minimum absolute atomic E-state index is 0.0916. The summed E-state index contributed by atoms with van der Waals surface area (Å²) in [5, 5.41) is 17.8. The van der Waals surface area contributed by atoms with E-state index in [0.717, 1.165) is 5.56 Å². The number of hydrogen-bond acceptors (Lipinski definition) is 4. The van der Waals surface area contributed by atoms with Crippen molar-refractivity contribution in [3.63, 3.8) is 0 Å². The SMILES string of the molecule is CCc1cc(C(=O)O)cnc1-c1ccc(C(=O)O)cn1. The molecule has 0 bridgehead atoms. The number of aromatic carboxylic acids is 2. The lowest BCUT2D eigenvalue weighted by atomic mass is 10.1. The van der Waals surface area contributed by atoms with Gasteiger partial charge in [-0.3, -0.25) is 9.97 Å². The number of carboxylic acids is 2. The second-order valence-electron chi connectivity index (χ2n) is 4.13. The molecular formula is C14H12N2O4. The third-order valence-corrected chi connectivity index (χ3v) is 2.85. The first kappa shape index (κ1) is 13.7. The molecule has 0 amide bonds. The van der Waals surface area contributed by atoms with Gasteiger partial charge in [0.15, 0.2) is 0 Å². The molecule has 6 nitrogen and oxygen atoms in total. The Morgan fingerprint density at radius 3 is 2.20 bits per heavy atom. The van der Waals surface area contributed by atoms with Crippen LogP contribution in [0.5, 0.6) is 0 Å². The number of nitrogens with zero attached hydrogens (tertiary/aromatic N) is 2. The van der Waals surface area contributed by atoms with Gasteiger partial charge in [-0.05, 0) is 30.2 Å². The Balaban J connectivity index is 2.46. The zero-order valence-corrected chi connectivity index (χ0v) is 10.7. The Kier molecular flexibility index (Phi) is 3.74. The van der Waals surface area contributed by atoms with Crippen molar-refractivity contribution in [2.75, 3.05) is 0 Å².